The summed E-state index contributed by atoms with van der Waals surface area (Å²) in [5, 5.41) is 10.2. The van der Waals surface area contributed by atoms with Gasteiger partial charge in [-0.3, -0.25) is 0 Å². The first-order chi connectivity index (χ1) is 8.75. The minimum absolute atomic E-state index is 0.543. The molecule has 2 aromatic rings. The van der Waals surface area contributed by atoms with Gasteiger partial charge in [0.25, 0.3) is 0 Å². The number of aliphatic hydroxyl groups is 1. The molecule has 0 aromatic carbocycles. The molecule has 2 heterocycles. The van der Waals surface area contributed by atoms with Crippen LogP contribution in [-0.2, 0) is 0 Å². The minimum Gasteiger partial charge on any atom is -0.361 e. The summed E-state index contributed by atoms with van der Waals surface area (Å²) in [7, 11) is 0. The molecular formula is C13H17N4O+. The summed E-state index contributed by atoms with van der Waals surface area (Å²) < 4.78 is 1.72. The Balaban J connectivity index is 1.78. The van der Waals surface area contributed by atoms with Gasteiger partial charge in [0, 0.05) is 6.42 Å². The van der Waals surface area contributed by atoms with Crippen molar-refractivity contribution < 1.29 is 10.1 Å². The summed E-state index contributed by atoms with van der Waals surface area (Å²) in [6, 6.07) is 0. The zero-order valence-electron chi connectivity index (χ0n) is 10.5. The quantitative estimate of drug-likeness (QED) is 0.879. The number of aryl methyl sites for hydroxylation is 1. The minimum atomic E-state index is -0.543. The summed E-state index contributed by atoms with van der Waals surface area (Å²) in [4.78, 5) is 12.3. The summed E-state index contributed by atoms with van der Waals surface area (Å²) in [6.45, 7) is 1.87. The number of nitrogens with zero attached hydrogens (tertiary/aromatic N) is 4. The Morgan fingerprint density at radius 1 is 1.61 bits per heavy atom. The van der Waals surface area contributed by atoms with Gasteiger partial charge in [-0.25, -0.2) is 9.55 Å². The summed E-state index contributed by atoms with van der Waals surface area (Å²) in [5.41, 5.74) is 2.21. The van der Waals surface area contributed by atoms with Gasteiger partial charge in [0.2, 0.25) is 0 Å². The van der Waals surface area contributed by atoms with Crippen LogP contribution in [0.5, 0.6) is 0 Å². The first-order valence-corrected chi connectivity index (χ1v) is 6.51. The van der Waals surface area contributed by atoms with E-state index in [4.69, 9.17) is 0 Å². The zero-order valence-corrected chi connectivity index (χ0v) is 10.5. The molecule has 18 heavy (non-hydrogen) atoms. The average Bonchev–Trinajstić information content (AvgIpc) is 2.72. The molecule has 1 aliphatic rings. The molecule has 0 spiro atoms. The van der Waals surface area contributed by atoms with Crippen molar-refractivity contribution in [2.45, 2.75) is 45.3 Å². The van der Waals surface area contributed by atoms with Gasteiger partial charge in [0.1, 0.15) is 0 Å². The second-order valence-corrected chi connectivity index (χ2v) is 5.09. The fourth-order valence-corrected chi connectivity index (χ4v) is 2.44. The zero-order chi connectivity index (χ0) is 12.5. The van der Waals surface area contributed by atoms with Crippen molar-refractivity contribution in [2.24, 2.45) is 5.92 Å². The van der Waals surface area contributed by atoms with Gasteiger partial charge in [0.15, 0.2) is 23.8 Å². The molecule has 5 nitrogen and oxygen atoms in total. The van der Waals surface area contributed by atoms with Crippen LogP contribution < -0.4 is 4.98 Å². The smallest absolute Gasteiger partial charge is 0.359 e. The van der Waals surface area contributed by atoms with Crippen molar-refractivity contribution in [3.8, 4) is 0 Å². The van der Waals surface area contributed by atoms with E-state index in [0.29, 0.717) is 5.65 Å². The van der Waals surface area contributed by atoms with Crippen LogP contribution in [0.3, 0.4) is 0 Å². The van der Waals surface area contributed by atoms with E-state index < -0.39 is 6.23 Å². The predicted octanol–water partition coefficient (Wildman–Crippen LogP) is 1.21. The molecular weight excluding hydrogens is 228 g/mol. The Labute approximate surface area is 106 Å². The lowest BCUT2D eigenvalue weighted by molar-refractivity contribution is -0.269. The first kappa shape index (κ1) is 11.4. The molecule has 0 amide bonds. The molecule has 0 aliphatic heterocycles. The molecule has 5 heteroatoms. The number of imidazole rings is 1. The Hall–Kier alpha value is -1.67. The predicted molar refractivity (Wildman–Crippen MR) is 64.5 cm³/mol. The van der Waals surface area contributed by atoms with Crippen LogP contribution in [-0.4, -0.2) is 19.6 Å². The van der Waals surface area contributed by atoms with Gasteiger partial charge in [-0.2, -0.15) is 4.98 Å². The number of hydrogen-bond acceptors (Lipinski definition) is 3. The van der Waals surface area contributed by atoms with E-state index in [1.165, 1.54) is 19.3 Å². The second-order valence-electron chi connectivity index (χ2n) is 5.09. The van der Waals surface area contributed by atoms with Crippen LogP contribution in [0.25, 0.3) is 11.2 Å². The van der Waals surface area contributed by atoms with E-state index in [0.717, 1.165) is 30.0 Å². The highest BCUT2D eigenvalue weighted by atomic mass is 16.3. The van der Waals surface area contributed by atoms with Crippen LogP contribution in [0.4, 0.5) is 0 Å². The van der Waals surface area contributed by atoms with Crippen molar-refractivity contribution in [3.05, 3.63) is 18.3 Å². The lowest BCUT2D eigenvalue weighted by Crippen LogP contribution is -2.16. The Kier molecular flexibility index (Phi) is 2.88. The van der Waals surface area contributed by atoms with Crippen LogP contribution >= 0.6 is 0 Å². The lowest BCUT2D eigenvalue weighted by Gasteiger charge is -2.25. The average molecular weight is 245 g/mol. The Bertz CT molecular complexity index is 547. The highest BCUT2D eigenvalue weighted by molar-refractivity contribution is 5.69. The molecule has 1 fully saturated rings. The van der Waals surface area contributed by atoms with Gasteiger partial charge in [0.05, 0.1) is 0 Å². The molecule has 1 saturated carbocycles. The summed E-state index contributed by atoms with van der Waals surface area (Å²) in [6.07, 6.45) is 9.51. The van der Waals surface area contributed by atoms with E-state index in [2.05, 4.69) is 21.3 Å². The molecule has 1 N–H and O–H groups in total. The first-order valence-electron chi connectivity index (χ1n) is 6.51. The maximum absolute atomic E-state index is 10.2. The number of fused-ring (bicyclic) bond motifs is 1. The van der Waals surface area contributed by atoms with E-state index in [9.17, 15) is 5.11 Å². The third kappa shape index (κ3) is 1.93. The maximum atomic E-state index is 10.2. The van der Waals surface area contributed by atoms with E-state index in [1.807, 2.05) is 6.92 Å². The molecule has 94 valence electrons. The monoisotopic (exact) mass is 245 g/mol. The third-order valence-corrected chi connectivity index (χ3v) is 3.86. The van der Waals surface area contributed by atoms with E-state index in [-0.39, 0.29) is 0 Å². The number of hydrogen-bond donors (Lipinski definition) is 1. The standard InChI is InChI=1S/C13H17N4O/c1-9-12-13(15-7-14-9)17(8-16-12)11(18)6-5-10-3-2-4-10/h8,10-11,18H,2-6H2,1H3/q+1. The largest absolute Gasteiger partial charge is 0.361 e. The van der Waals surface area contributed by atoms with Crippen molar-refractivity contribution in [1.29, 1.82) is 0 Å². The lowest BCUT2D eigenvalue weighted by atomic mass is 9.82. The molecule has 0 bridgehead atoms. The normalized spacial score (nSPS) is 17.4. The van der Waals surface area contributed by atoms with Gasteiger partial charge < -0.3 is 5.11 Å². The number of aliphatic hydroxyl groups excluding tert-OH is 1. The molecule has 2 aromatic heterocycles. The molecule has 1 aliphatic carbocycles. The van der Waals surface area contributed by atoms with E-state index >= 15 is 0 Å². The third-order valence-electron chi connectivity index (χ3n) is 3.86. The summed E-state index contributed by atoms with van der Waals surface area (Å²) >= 11 is 0. The number of rotatable bonds is 4. The molecule has 1 atom stereocenters. The molecule has 3 rings (SSSR count). The Morgan fingerprint density at radius 3 is 3.17 bits per heavy atom. The van der Waals surface area contributed by atoms with Gasteiger partial charge in [-0.05, 0) is 24.2 Å². The highest BCUT2D eigenvalue weighted by Gasteiger charge is 2.23. The van der Waals surface area contributed by atoms with Crippen LogP contribution in [0, 0.1) is 19.2 Å². The SMILES string of the molecule is Cc1nc#[n+]c2c1ncn2C(O)CCC1CCC1. The second kappa shape index (κ2) is 4.54. The van der Waals surface area contributed by atoms with Gasteiger partial charge in [-0.15, -0.1) is 0 Å². The van der Waals surface area contributed by atoms with Crippen molar-refractivity contribution >= 4 is 11.2 Å². The molecule has 1 unspecified atom stereocenters. The fraction of sp³-hybridized carbons (Fsp3) is 0.615. The molecule has 0 radical (unpaired) electrons. The van der Waals surface area contributed by atoms with Crippen molar-refractivity contribution in [1.82, 2.24) is 14.5 Å². The number of aromatic nitrogens is 4. The highest BCUT2D eigenvalue weighted by Crippen LogP contribution is 2.32. The summed E-state index contributed by atoms with van der Waals surface area (Å²) in [5.74, 6) is 0.803. The molecule has 0 saturated heterocycles. The Morgan fingerprint density at radius 2 is 2.44 bits per heavy atom. The van der Waals surface area contributed by atoms with Crippen LogP contribution in [0.15, 0.2) is 6.33 Å². The van der Waals surface area contributed by atoms with Crippen molar-refractivity contribution in [2.75, 3.05) is 0 Å². The topological polar surface area (TPSA) is 65.0 Å². The van der Waals surface area contributed by atoms with Crippen LogP contribution in [0.1, 0.15) is 44.0 Å². The maximum Gasteiger partial charge on any atom is 0.359 e. The van der Waals surface area contributed by atoms with Gasteiger partial charge in [-0.1, -0.05) is 19.3 Å². The van der Waals surface area contributed by atoms with E-state index in [1.54, 1.807) is 10.9 Å². The van der Waals surface area contributed by atoms with Gasteiger partial charge >= 0.3 is 12.0 Å². The fourth-order valence-electron chi connectivity index (χ4n) is 2.44. The van der Waals surface area contributed by atoms with Crippen LogP contribution in [0.2, 0.25) is 0 Å². The van der Waals surface area contributed by atoms with Crippen molar-refractivity contribution in [3.63, 3.8) is 0 Å².